The van der Waals surface area contributed by atoms with E-state index in [2.05, 4.69) is 47.2 Å². The van der Waals surface area contributed by atoms with E-state index in [-0.39, 0.29) is 24.2 Å². The molecule has 0 heterocycles. The third-order valence-corrected chi connectivity index (χ3v) is 4.16. The van der Waals surface area contributed by atoms with Crippen molar-refractivity contribution in [2.75, 3.05) is 11.9 Å². The van der Waals surface area contributed by atoms with Gasteiger partial charge in [-0.25, -0.2) is 4.39 Å². The molecule has 0 aliphatic heterocycles. The van der Waals surface area contributed by atoms with Gasteiger partial charge in [-0.15, -0.1) is 0 Å². The van der Waals surface area contributed by atoms with Gasteiger partial charge in [0.1, 0.15) is 11.9 Å². The van der Waals surface area contributed by atoms with Crippen molar-refractivity contribution >= 4 is 27.5 Å². The second-order valence-corrected chi connectivity index (χ2v) is 6.71. The molecule has 0 aliphatic carbocycles. The molecule has 0 aliphatic rings. The molecule has 5 heteroatoms. The van der Waals surface area contributed by atoms with Crippen LogP contribution in [0, 0.1) is 11.7 Å². The quantitative estimate of drug-likeness (QED) is 0.792. The van der Waals surface area contributed by atoms with Gasteiger partial charge in [-0.1, -0.05) is 60.1 Å². The van der Waals surface area contributed by atoms with Crippen molar-refractivity contribution in [2.24, 2.45) is 5.92 Å². The molecule has 2 aromatic carbocycles. The summed E-state index contributed by atoms with van der Waals surface area (Å²) in [6.07, 6.45) is 0. The summed E-state index contributed by atoms with van der Waals surface area (Å²) < 4.78 is 14.4. The minimum atomic E-state index is -0.448. The molecular formula is C18H21BrFN2O+. The van der Waals surface area contributed by atoms with E-state index in [0.29, 0.717) is 10.4 Å². The lowest BCUT2D eigenvalue weighted by molar-refractivity contribution is -0.692. The first-order valence-corrected chi connectivity index (χ1v) is 8.40. The zero-order valence-electron chi connectivity index (χ0n) is 13.2. The van der Waals surface area contributed by atoms with Crippen LogP contribution in [0.3, 0.4) is 0 Å². The molecule has 0 saturated carbocycles. The number of halogens is 2. The van der Waals surface area contributed by atoms with Crippen LogP contribution in [0.15, 0.2) is 53.0 Å². The second kappa shape index (κ2) is 8.22. The molecule has 0 saturated heterocycles. The number of nitrogens with one attached hydrogen (secondary N) is 1. The Balaban J connectivity index is 1.97. The zero-order chi connectivity index (χ0) is 16.8. The van der Waals surface area contributed by atoms with Crippen molar-refractivity contribution in [3.63, 3.8) is 0 Å². The van der Waals surface area contributed by atoms with E-state index in [0.717, 1.165) is 0 Å². The minimum Gasteiger partial charge on any atom is -0.332 e. The first-order valence-electron chi connectivity index (χ1n) is 7.60. The van der Waals surface area contributed by atoms with E-state index < -0.39 is 5.82 Å². The molecule has 0 aromatic heterocycles. The molecule has 3 N–H and O–H groups in total. The highest BCUT2D eigenvalue weighted by atomic mass is 79.9. The van der Waals surface area contributed by atoms with Gasteiger partial charge in [-0.2, -0.15) is 0 Å². The van der Waals surface area contributed by atoms with Gasteiger partial charge in [0, 0.05) is 16.0 Å². The van der Waals surface area contributed by atoms with Gasteiger partial charge in [-0.3, -0.25) is 4.79 Å². The lowest BCUT2D eigenvalue weighted by atomic mass is 9.96. The summed E-state index contributed by atoms with van der Waals surface area (Å²) in [6.45, 7) is 4.49. The number of rotatable bonds is 6. The van der Waals surface area contributed by atoms with Crippen molar-refractivity contribution in [1.29, 1.82) is 0 Å². The fraction of sp³-hybridized carbons (Fsp3) is 0.278. The summed E-state index contributed by atoms with van der Waals surface area (Å²) in [5.74, 6) is -0.279. The zero-order valence-corrected chi connectivity index (χ0v) is 14.8. The van der Waals surface area contributed by atoms with Gasteiger partial charge in [-0.05, 0) is 18.2 Å². The summed E-state index contributed by atoms with van der Waals surface area (Å²) in [4.78, 5) is 12.1. The summed E-state index contributed by atoms with van der Waals surface area (Å²) in [5.41, 5.74) is 1.39. The highest BCUT2D eigenvalue weighted by molar-refractivity contribution is 9.10. The largest absolute Gasteiger partial charge is 0.332 e. The van der Waals surface area contributed by atoms with Crippen LogP contribution in [-0.4, -0.2) is 12.5 Å². The number of benzene rings is 2. The highest BCUT2D eigenvalue weighted by Gasteiger charge is 2.20. The molecule has 3 nitrogen and oxygen atoms in total. The maximum atomic E-state index is 13.7. The van der Waals surface area contributed by atoms with Gasteiger partial charge in [0.05, 0.1) is 5.69 Å². The van der Waals surface area contributed by atoms with E-state index >= 15 is 0 Å². The lowest BCUT2D eigenvalue weighted by Crippen LogP contribution is -2.88. The average Bonchev–Trinajstić information content (AvgIpc) is 2.51. The maximum absolute atomic E-state index is 13.7. The molecule has 1 atom stereocenters. The molecule has 1 amide bonds. The number of quaternary nitrogens is 1. The van der Waals surface area contributed by atoms with Crippen LogP contribution in [0.2, 0.25) is 0 Å². The number of nitrogens with two attached hydrogens (primary N) is 1. The van der Waals surface area contributed by atoms with Crippen LogP contribution >= 0.6 is 15.9 Å². The molecule has 23 heavy (non-hydrogen) atoms. The molecule has 0 radical (unpaired) electrons. The predicted octanol–water partition coefficient (Wildman–Crippen LogP) is 3.49. The summed E-state index contributed by atoms with van der Waals surface area (Å²) >= 11 is 3.20. The van der Waals surface area contributed by atoms with Crippen molar-refractivity contribution in [2.45, 2.75) is 19.9 Å². The molecule has 2 aromatic rings. The Labute approximate surface area is 144 Å². The van der Waals surface area contributed by atoms with Gasteiger partial charge >= 0.3 is 0 Å². The van der Waals surface area contributed by atoms with Crippen molar-refractivity contribution in [3.8, 4) is 0 Å². The van der Waals surface area contributed by atoms with Crippen molar-refractivity contribution < 1.29 is 14.5 Å². The lowest BCUT2D eigenvalue weighted by Gasteiger charge is -2.19. The monoisotopic (exact) mass is 379 g/mol. The van der Waals surface area contributed by atoms with Gasteiger partial charge in [0.25, 0.3) is 5.91 Å². The Bertz CT molecular complexity index is 661. The van der Waals surface area contributed by atoms with Gasteiger partial charge in [0.15, 0.2) is 6.54 Å². The van der Waals surface area contributed by atoms with Crippen LogP contribution in [0.4, 0.5) is 10.1 Å². The summed E-state index contributed by atoms with van der Waals surface area (Å²) in [5, 5.41) is 4.61. The molecule has 122 valence electrons. The molecule has 0 unspecified atom stereocenters. The molecule has 0 bridgehead atoms. The normalized spacial score (nSPS) is 12.2. The van der Waals surface area contributed by atoms with E-state index in [1.807, 2.05) is 23.5 Å². The summed E-state index contributed by atoms with van der Waals surface area (Å²) in [7, 11) is 0. The highest BCUT2D eigenvalue weighted by Crippen LogP contribution is 2.19. The number of carbonyl (C=O) groups is 1. The van der Waals surface area contributed by atoms with E-state index in [1.54, 1.807) is 12.1 Å². The number of hydrogen-bond acceptors (Lipinski definition) is 1. The number of anilines is 1. The van der Waals surface area contributed by atoms with E-state index in [9.17, 15) is 9.18 Å². The van der Waals surface area contributed by atoms with Crippen LogP contribution < -0.4 is 10.6 Å². The van der Waals surface area contributed by atoms with Crippen molar-refractivity contribution in [1.82, 2.24) is 0 Å². The standard InChI is InChI=1S/C18H20BrFN2O/c1-12(2)18(13-6-4-3-5-7-13)21-11-17(23)22-16-9-8-14(19)10-15(16)20/h3-10,12,18,21H,11H2,1-2H3,(H,22,23)/p+1/t18-/m0/s1. The fourth-order valence-electron chi connectivity index (χ4n) is 2.49. The third kappa shape index (κ3) is 5.15. The smallest absolute Gasteiger partial charge is 0.279 e. The average molecular weight is 380 g/mol. The minimum absolute atomic E-state index is 0.191. The topological polar surface area (TPSA) is 45.7 Å². The van der Waals surface area contributed by atoms with E-state index in [4.69, 9.17) is 0 Å². The van der Waals surface area contributed by atoms with Crippen LogP contribution in [0.1, 0.15) is 25.5 Å². The molecule has 0 spiro atoms. The Morgan fingerprint density at radius 1 is 1.22 bits per heavy atom. The number of amides is 1. The van der Waals surface area contributed by atoms with E-state index in [1.165, 1.54) is 11.6 Å². The van der Waals surface area contributed by atoms with Gasteiger partial charge < -0.3 is 10.6 Å². The predicted molar refractivity (Wildman–Crippen MR) is 93.5 cm³/mol. The summed E-state index contributed by atoms with van der Waals surface area (Å²) in [6, 6.07) is 14.9. The maximum Gasteiger partial charge on any atom is 0.279 e. The van der Waals surface area contributed by atoms with Crippen LogP contribution in [0.25, 0.3) is 0 Å². The first-order chi connectivity index (χ1) is 11.0. The third-order valence-electron chi connectivity index (χ3n) is 3.67. The Morgan fingerprint density at radius 2 is 1.91 bits per heavy atom. The Kier molecular flexibility index (Phi) is 6.30. The SMILES string of the molecule is CC(C)[C@H]([NH2+]CC(=O)Nc1ccc(Br)cc1F)c1ccccc1. The molecular weight excluding hydrogens is 359 g/mol. The van der Waals surface area contributed by atoms with Crippen LogP contribution in [-0.2, 0) is 4.79 Å². The van der Waals surface area contributed by atoms with Crippen molar-refractivity contribution in [3.05, 3.63) is 64.4 Å². The molecule has 0 fully saturated rings. The van der Waals surface area contributed by atoms with Crippen LogP contribution in [0.5, 0.6) is 0 Å². The Morgan fingerprint density at radius 3 is 2.52 bits per heavy atom. The fourth-order valence-corrected chi connectivity index (χ4v) is 2.83. The van der Waals surface area contributed by atoms with Gasteiger partial charge in [0.2, 0.25) is 0 Å². The second-order valence-electron chi connectivity index (χ2n) is 5.79. The number of hydrogen-bond donors (Lipinski definition) is 2. The Hall–Kier alpha value is -1.72. The first kappa shape index (κ1) is 17.6. The molecule has 2 rings (SSSR count). The number of carbonyl (C=O) groups excluding carboxylic acids is 1.